The first-order valence-corrected chi connectivity index (χ1v) is 9.16. The summed E-state index contributed by atoms with van der Waals surface area (Å²) >= 11 is 3.31. The van der Waals surface area contributed by atoms with Crippen LogP contribution < -0.4 is 0 Å². The fourth-order valence-corrected chi connectivity index (χ4v) is 4.25. The first-order valence-electron chi connectivity index (χ1n) is 6.60. The highest BCUT2D eigenvalue weighted by Crippen LogP contribution is 2.19. The Morgan fingerprint density at radius 3 is 2.21 bits per heavy atom. The van der Waals surface area contributed by atoms with Gasteiger partial charge in [0.15, 0.2) is 0 Å². The molecule has 0 radical (unpaired) electrons. The maximum Gasteiger partial charge on any atom is 0.243 e. The molecule has 1 aromatic rings. The number of benzene rings is 1. The monoisotopic (exact) mass is 347 g/mol. The zero-order chi connectivity index (χ0) is 14.5. The molecule has 0 fully saturated rings. The smallest absolute Gasteiger partial charge is 0.207 e. The minimum absolute atomic E-state index is 0.0436. The average Bonchev–Trinajstić information content (AvgIpc) is 2.36. The van der Waals surface area contributed by atoms with Crippen LogP contribution in [0.4, 0.5) is 0 Å². The van der Waals surface area contributed by atoms with Crippen molar-refractivity contribution in [3.63, 3.8) is 0 Å². The highest BCUT2D eigenvalue weighted by Gasteiger charge is 2.26. The van der Waals surface area contributed by atoms with Gasteiger partial charge in [0.1, 0.15) is 0 Å². The molecule has 0 aliphatic heterocycles. The zero-order valence-corrected chi connectivity index (χ0v) is 14.2. The van der Waals surface area contributed by atoms with Crippen LogP contribution in [0.3, 0.4) is 0 Å². The van der Waals surface area contributed by atoms with Gasteiger partial charge in [-0.15, -0.1) is 0 Å². The van der Waals surface area contributed by atoms with Crippen molar-refractivity contribution >= 4 is 26.0 Å². The van der Waals surface area contributed by atoms with Crippen molar-refractivity contribution in [3.05, 3.63) is 29.8 Å². The van der Waals surface area contributed by atoms with E-state index < -0.39 is 10.0 Å². The van der Waals surface area contributed by atoms with Crippen LogP contribution in [0.25, 0.3) is 0 Å². The summed E-state index contributed by atoms with van der Waals surface area (Å²) in [7, 11) is -3.39. The van der Waals surface area contributed by atoms with Crippen molar-refractivity contribution in [1.82, 2.24) is 4.31 Å². The van der Waals surface area contributed by atoms with Gasteiger partial charge < -0.3 is 0 Å². The molecule has 3 nitrogen and oxygen atoms in total. The van der Waals surface area contributed by atoms with Gasteiger partial charge in [0, 0.05) is 17.9 Å². The van der Waals surface area contributed by atoms with Crippen LogP contribution in [0.5, 0.6) is 0 Å². The van der Waals surface area contributed by atoms with Crippen LogP contribution in [-0.4, -0.2) is 30.6 Å². The van der Waals surface area contributed by atoms with E-state index >= 15 is 0 Å². The summed E-state index contributed by atoms with van der Waals surface area (Å²) < 4.78 is 26.6. The fourth-order valence-electron chi connectivity index (χ4n) is 1.99. The van der Waals surface area contributed by atoms with Gasteiger partial charge in [-0.3, -0.25) is 0 Å². The Labute approximate surface area is 125 Å². The average molecular weight is 348 g/mol. The van der Waals surface area contributed by atoms with E-state index in [-0.39, 0.29) is 6.04 Å². The van der Waals surface area contributed by atoms with Gasteiger partial charge in [-0.2, -0.15) is 4.31 Å². The molecule has 5 heteroatoms. The third-order valence-corrected chi connectivity index (χ3v) is 5.39. The molecule has 108 valence electrons. The number of hydrogen-bond donors (Lipinski definition) is 0. The molecule has 0 aliphatic carbocycles. The number of aryl methyl sites for hydroxylation is 1. The topological polar surface area (TPSA) is 37.4 Å². The third-order valence-electron chi connectivity index (χ3n) is 2.95. The molecular weight excluding hydrogens is 326 g/mol. The Morgan fingerprint density at radius 1 is 1.21 bits per heavy atom. The summed E-state index contributed by atoms with van der Waals surface area (Å²) in [6.07, 6.45) is 2.05. The Balaban J connectivity index is 3.04. The molecule has 0 aliphatic rings. The Bertz CT molecular complexity index is 483. The molecular formula is C14H22BrNO2S. The highest BCUT2D eigenvalue weighted by atomic mass is 79.9. The standard InChI is InChI=1S/C14H22BrNO2S/c1-4-5-13-6-8-14(9-7-13)19(17,18)16(11-10-15)12(2)3/h6-9,12H,4-5,10-11H2,1-3H3. The Hall–Kier alpha value is -0.390. The molecule has 0 heterocycles. The fraction of sp³-hybridized carbons (Fsp3) is 0.571. The van der Waals surface area contributed by atoms with E-state index in [2.05, 4.69) is 22.9 Å². The normalized spacial score (nSPS) is 12.3. The maximum atomic E-state index is 12.5. The van der Waals surface area contributed by atoms with E-state index in [4.69, 9.17) is 0 Å². The van der Waals surface area contributed by atoms with Crippen molar-refractivity contribution in [3.8, 4) is 0 Å². The second-order valence-electron chi connectivity index (χ2n) is 4.79. The highest BCUT2D eigenvalue weighted by molar-refractivity contribution is 9.09. The molecule has 0 aromatic heterocycles. The number of alkyl halides is 1. The molecule has 0 spiro atoms. The second-order valence-corrected chi connectivity index (χ2v) is 7.48. The molecule has 0 amide bonds. The number of rotatable bonds is 7. The van der Waals surface area contributed by atoms with Gasteiger partial charge in [-0.25, -0.2) is 8.42 Å². The summed E-state index contributed by atoms with van der Waals surface area (Å²) in [5, 5.41) is 0.637. The Kier molecular flexibility index (Phi) is 6.50. The van der Waals surface area contributed by atoms with E-state index in [1.54, 1.807) is 12.1 Å². The molecule has 1 rings (SSSR count). The lowest BCUT2D eigenvalue weighted by Crippen LogP contribution is -2.38. The van der Waals surface area contributed by atoms with Crippen LogP contribution in [0, 0.1) is 0 Å². The zero-order valence-electron chi connectivity index (χ0n) is 11.8. The van der Waals surface area contributed by atoms with Gasteiger partial charge in [0.2, 0.25) is 10.0 Å². The van der Waals surface area contributed by atoms with E-state index in [1.165, 1.54) is 9.87 Å². The first kappa shape index (κ1) is 16.7. The molecule has 0 bridgehead atoms. The van der Waals surface area contributed by atoms with E-state index in [1.807, 2.05) is 26.0 Å². The summed E-state index contributed by atoms with van der Waals surface area (Å²) in [5.74, 6) is 0. The number of hydrogen-bond acceptors (Lipinski definition) is 2. The van der Waals surface area contributed by atoms with Crippen LogP contribution >= 0.6 is 15.9 Å². The van der Waals surface area contributed by atoms with E-state index in [0.29, 0.717) is 16.8 Å². The lowest BCUT2D eigenvalue weighted by Gasteiger charge is -2.25. The lowest BCUT2D eigenvalue weighted by molar-refractivity contribution is 0.372. The van der Waals surface area contributed by atoms with Crippen LogP contribution in [0.15, 0.2) is 29.2 Å². The Morgan fingerprint density at radius 2 is 1.79 bits per heavy atom. The summed E-state index contributed by atoms with van der Waals surface area (Å²) in [6, 6.07) is 7.19. The van der Waals surface area contributed by atoms with Crippen molar-refractivity contribution in [1.29, 1.82) is 0 Å². The van der Waals surface area contributed by atoms with Crippen molar-refractivity contribution < 1.29 is 8.42 Å². The molecule has 0 saturated carbocycles. The summed E-state index contributed by atoms with van der Waals surface area (Å²) in [5.41, 5.74) is 1.18. The third kappa shape index (κ3) is 4.29. The van der Waals surface area contributed by atoms with Gasteiger partial charge in [0.05, 0.1) is 4.90 Å². The molecule has 0 saturated heterocycles. The molecule has 19 heavy (non-hydrogen) atoms. The van der Waals surface area contributed by atoms with Crippen LogP contribution in [0.1, 0.15) is 32.8 Å². The van der Waals surface area contributed by atoms with Crippen LogP contribution in [0.2, 0.25) is 0 Å². The predicted molar refractivity (Wildman–Crippen MR) is 83.3 cm³/mol. The summed E-state index contributed by atoms with van der Waals surface area (Å²) in [6.45, 7) is 6.38. The quantitative estimate of drug-likeness (QED) is 0.708. The van der Waals surface area contributed by atoms with Gasteiger partial charge in [-0.1, -0.05) is 41.4 Å². The molecule has 1 aromatic carbocycles. The molecule has 0 unspecified atom stereocenters. The number of sulfonamides is 1. The number of halogens is 1. The second kappa shape index (κ2) is 7.41. The van der Waals surface area contributed by atoms with E-state index in [0.717, 1.165) is 12.8 Å². The SMILES string of the molecule is CCCc1ccc(S(=O)(=O)N(CCBr)C(C)C)cc1. The van der Waals surface area contributed by atoms with Crippen molar-refractivity contribution in [2.45, 2.75) is 44.6 Å². The van der Waals surface area contributed by atoms with Crippen LogP contribution in [-0.2, 0) is 16.4 Å². The minimum Gasteiger partial charge on any atom is -0.207 e. The van der Waals surface area contributed by atoms with Gasteiger partial charge >= 0.3 is 0 Å². The van der Waals surface area contributed by atoms with Gasteiger partial charge in [-0.05, 0) is 38.0 Å². The van der Waals surface area contributed by atoms with Crippen molar-refractivity contribution in [2.75, 3.05) is 11.9 Å². The van der Waals surface area contributed by atoms with Crippen molar-refractivity contribution in [2.24, 2.45) is 0 Å². The predicted octanol–water partition coefficient (Wildman–Crippen LogP) is 3.43. The maximum absolute atomic E-state index is 12.5. The lowest BCUT2D eigenvalue weighted by atomic mass is 10.1. The van der Waals surface area contributed by atoms with E-state index in [9.17, 15) is 8.42 Å². The largest absolute Gasteiger partial charge is 0.243 e. The number of nitrogens with zero attached hydrogens (tertiary/aromatic N) is 1. The van der Waals surface area contributed by atoms with Gasteiger partial charge in [0.25, 0.3) is 0 Å². The summed E-state index contributed by atoms with van der Waals surface area (Å²) in [4.78, 5) is 0.377. The molecule has 0 atom stereocenters. The first-order chi connectivity index (χ1) is 8.93. The molecule has 0 N–H and O–H groups in total. The minimum atomic E-state index is -3.39.